The summed E-state index contributed by atoms with van der Waals surface area (Å²) in [6, 6.07) is 0. The second-order valence-corrected chi connectivity index (χ2v) is 4.56. The predicted molar refractivity (Wildman–Crippen MR) is 65.1 cm³/mol. The van der Waals surface area contributed by atoms with Crippen LogP contribution in [0.25, 0.3) is 0 Å². The maximum absolute atomic E-state index is 11.9. The van der Waals surface area contributed by atoms with Crippen LogP contribution in [-0.2, 0) is 22.7 Å². The molecular weight excluding hydrogens is 250 g/mol. The summed E-state index contributed by atoms with van der Waals surface area (Å²) < 4.78 is 1.23. The average molecular weight is 267 g/mol. The van der Waals surface area contributed by atoms with Crippen molar-refractivity contribution in [2.45, 2.75) is 25.9 Å². The number of piperidine rings is 1. The first-order chi connectivity index (χ1) is 9.15. The SMILES string of the molecule is O=C(O)Cn1cc(CNC(=O)C2CCCNC2)nn1. The Morgan fingerprint density at radius 3 is 3.11 bits per heavy atom. The van der Waals surface area contributed by atoms with Gasteiger partial charge in [0.1, 0.15) is 12.2 Å². The molecule has 1 amide bonds. The topological polar surface area (TPSA) is 109 Å². The zero-order valence-corrected chi connectivity index (χ0v) is 10.5. The maximum atomic E-state index is 11.9. The van der Waals surface area contributed by atoms with Gasteiger partial charge in [-0.1, -0.05) is 5.21 Å². The van der Waals surface area contributed by atoms with Gasteiger partial charge in [-0.15, -0.1) is 5.10 Å². The summed E-state index contributed by atoms with van der Waals surface area (Å²) in [5.74, 6) is -0.975. The van der Waals surface area contributed by atoms with Crippen LogP contribution >= 0.6 is 0 Å². The number of carboxylic acids is 1. The van der Waals surface area contributed by atoms with E-state index in [9.17, 15) is 9.59 Å². The third-order valence-corrected chi connectivity index (χ3v) is 2.99. The summed E-state index contributed by atoms with van der Waals surface area (Å²) >= 11 is 0. The van der Waals surface area contributed by atoms with Crippen LogP contribution in [0.2, 0.25) is 0 Å². The second kappa shape index (κ2) is 6.28. The van der Waals surface area contributed by atoms with Crippen LogP contribution in [0.3, 0.4) is 0 Å². The minimum absolute atomic E-state index is 0.0000143. The Bertz CT molecular complexity index is 453. The number of rotatable bonds is 5. The minimum Gasteiger partial charge on any atom is -0.480 e. The minimum atomic E-state index is -0.978. The fourth-order valence-electron chi connectivity index (χ4n) is 2.03. The molecule has 1 aromatic heterocycles. The molecule has 1 unspecified atom stereocenters. The number of amides is 1. The molecule has 19 heavy (non-hydrogen) atoms. The number of hydrogen-bond donors (Lipinski definition) is 3. The molecule has 3 N–H and O–H groups in total. The molecule has 1 atom stereocenters. The Balaban J connectivity index is 1.79. The van der Waals surface area contributed by atoms with Crippen molar-refractivity contribution in [1.82, 2.24) is 25.6 Å². The molecule has 1 aromatic rings. The van der Waals surface area contributed by atoms with Gasteiger partial charge in [0.25, 0.3) is 0 Å². The third kappa shape index (κ3) is 4.02. The second-order valence-electron chi connectivity index (χ2n) is 4.56. The fraction of sp³-hybridized carbons (Fsp3) is 0.636. The Hall–Kier alpha value is -1.96. The molecule has 0 aliphatic carbocycles. The van der Waals surface area contributed by atoms with Crippen molar-refractivity contribution in [3.05, 3.63) is 11.9 Å². The molecule has 1 aliphatic heterocycles. The van der Waals surface area contributed by atoms with E-state index >= 15 is 0 Å². The third-order valence-electron chi connectivity index (χ3n) is 2.99. The van der Waals surface area contributed by atoms with Crippen LogP contribution in [0.4, 0.5) is 0 Å². The summed E-state index contributed by atoms with van der Waals surface area (Å²) in [5.41, 5.74) is 0.554. The largest absolute Gasteiger partial charge is 0.480 e. The van der Waals surface area contributed by atoms with Gasteiger partial charge in [0.05, 0.1) is 18.7 Å². The molecule has 0 saturated carbocycles. The van der Waals surface area contributed by atoms with E-state index in [0.29, 0.717) is 12.2 Å². The lowest BCUT2D eigenvalue weighted by Crippen LogP contribution is -2.40. The molecule has 1 aliphatic rings. The van der Waals surface area contributed by atoms with Gasteiger partial charge in [-0.2, -0.15) is 0 Å². The number of aromatic nitrogens is 3. The highest BCUT2D eigenvalue weighted by molar-refractivity contribution is 5.78. The smallest absolute Gasteiger partial charge is 0.325 e. The van der Waals surface area contributed by atoms with Crippen LogP contribution in [0, 0.1) is 5.92 Å². The summed E-state index contributed by atoms with van der Waals surface area (Å²) in [5, 5.41) is 22.0. The highest BCUT2D eigenvalue weighted by atomic mass is 16.4. The number of carboxylic acid groups (broad SMARTS) is 1. The van der Waals surface area contributed by atoms with E-state index in [1.165, 1.54) is 10.9 Å². The van der Waals surface area contributed by atoms with Crippen LogP contribution in [0.5, 0.6) is 0 Å². The monoisotopic (exact) mass is 267 g/mol. The van der Waals surface area contributed by atoms with Gasteiger partial charge in [-0.25, -0.2) is 4.68 Å². The van der Waals surface area contributed by atoms with E-state index < -0.39 is 5.97 Å². The Kier molecular flexibility index (Phi) is 4.45. The number of aliphatic carboxylic acids is 1. The van der Waals surface area contributed by atoms with Crippen molar-refractivity contribution in [2.24, 2.45) is 5.92 Å². The summed E-state index contributed by atoms with van der Waals surface area (Å²) in [7, 11) is 0. The molecule has 1 fully saturated rings. The lowest BCUT2D eigenvalue weighted by atomic mass is 9.99. The Morgan fingerprint density at radius 1 is 1.58 bits per heavy atom. The summed E-state index contributed by atoms with van der Waals surface area (Å²) in [4.78, 5) is 22.3. The molecule has 0 spiro atoms. The quantitative estimate of drug-likeness (QED) is 0.630. The highest BCUT2D eigenvalue weighted by Gasteiger charge is 2.20. The lowest BCUT2D eigenvalue weighted by Gasteiger charge is -2.21. The molecule has 8 nitrogen and oxygen atoms in total. The van der Waals surface area contributed by atoms with Crippen molar-refractivity contribution < 1.29 is 14.7 Å². The fourth-order valence-corrected chi connectivity index (χ4v) is 2.03. The van der Waals surface area contributed by atoms with E-state index in [1.807, 2.05) is 0 Å². The Labute approximate surface area is 110 Å². The van der Waals surface area contributed by atoms with Gasteiger partial charge in [0, 0.05) is 6.54 Å². The number of hydrogen-bond acceptors (Lipinski definition) is 5. The number of nitrogens with one attached hydrogen (secondary N) is 2. The normalized spacial score (nSPS) is 19.1. The first kappa shape index (κ1) is 13.5. The van der Waals surface area contributed by atoms with Crippen molar-refractivity contribution in [2.75, 3.05) is 13.1 Å². The summed E-state index contributed by atoms with van der Waals surface area (Å²) in [6.07, 6.45) is 3.42. The lowest BCUT2D eigenvalue weighted by molar-refractivity contribution is -0.138. The molecule has 2 heterocycles. The molecule has 8 heteroatoms. The molecule has 0 bridgehead atoms. The zero-order valence-electron chi connectivity index (χ0n) is 10.5. The first-order valence-electron chi connectivity index (χ1n) is 6.24. The maximum Gasteiger partial charge on any atom is 0.325 e. The van der Waals surface area contributed by atoms with Crippen molar-refractivity contribution in [3.63, 3.8) is 0 Å². The highest BCUT2D eigenvalue weighted by Crippen LogP contribution is 2.09. The van der Waals surface area contributed by atoms with Gasteiger partial charge in [-0.3, -0.25) is 9.59 Å². The number of carbonyl (C=O) groups is 2. The van der Waals surface area contributed by atoms with Crippen LogP contribution < -0.4 is 10.6 Å². The standard InChI is InChI=1S/C11H17N5O3/c17-10(18)7-16-6-9(14-15-16)5-13-11(19)8-2-1-3-12-4-8/h6,8,12H,1-5,7H2,(H,13,19)(H,17,18). The van der Waals surface area contributed by atoms with Gasteiger partial charge < -0.3 is 15.7 Å². The van der Waals surface area contributed by atoms with Gasteiger partial charge >= 0.3 is 5.97 Å². The van der Waals surface area contributed by atoms with Crippen molar-refractivity contribution >= 4 is 11.9 Å². The van der Waals surface area contributed by atoms with Gasteiger partial charge in [-0.05, 0) is 19.4 Å². The molecule has 0 radical (unpaired) electrons. The number of nitrogens with zero attached hydrogens (tertiary/aromatic N) is 3. The van der Waals surface area contributed by atoms with Crippen LogP contribution in [-0.4, -0.2) is 45.1 Å². The predicted octanol–water partition coefficient (Wildman–Crippen LogP) is -1.02. The zero-order chi connectivity index (χ0) is 13.7. The van der Waals surface area contributed by atoms with E-state index in [1.54, 1.807) is 0 Å². The van der Waals surface area contributed by atoms with Crippen LogP contribution in [0.1, 0.15) is 18.5 Å². The van der Waals surface area contributed by atoms with Crippen molar-refractivity contribution in [3.8, 4) is 0 Å². The van der Waals surface area contributed by atoms with Crippen LogP contribution in [0.15, 0.2) is 6.20 Å². The van der Waals surface area contributed by atoms with Crippen molar-refractivity contribution in [1.29, 1.82) is 0 Å². The molecular formula is C11H17N5O3. The molecule has 104 valence electrons. The average Bonchev–Trinajstić information content (AvgIpc) is 2.84. The first-order valence-corrected chi connectivity index (χ1v) is 6.24. The summed E-state index contributed by atoms with van der Waals surface area (Å²) in [6.45, 7) is 1.72. The van der Waals surface area contributed by atoms with Gasteiger partial charge in [0.2, 0.25) is 5.91 Å². The van der Waals surface area contributed by atoms with E-state index in [-0.39, 0.29) is 24.9 Å². The van der Waals surface area contributed by atoms with E-state index in [2.05, 4.69) is 20.9 Å². The van der Waals surface area contributed by atoms with Gasteiger partial charge in [0.15, 0.2) is 0 Å². The van der Waals surface area contributed by atoms with E-state index in [4.69, 9.17) is 5.11 Å². The molecule has 1 saturated heterocycles. The molecule has 0 aromatic carbocycles. The molecule has 2 rings (SSSR count). The Morgan fingerprint density at radius 2 is 2.42 bits per heavy atom. The van der Waals surface area contributed by atoms with E-state index in [0.717, 1.165) is 19.4 Å². The number of carbonyl (C=O) groups excluding carboxylic acids is 1.